The third-order valence-corrected chi connectivity index (χ3v) is 5.03. The smallest absolute Gasteiger partial charge is 0.251 e. The first-order valence-electron chi connectivity index (χ1n) is 10.1. The van der Waals surface area contributed by atoms with Crippen molar-refractivity contribution in [2.45, 2.75) is 26.2 Å². The van der Waals surface area contributed by atoms with Crippen LogP contribution in [0.25, 0.3) is 6.08 Å². The number of aliphatic hydroxyl groups is 2. The summed E-state index contributed by atoms with van der Waals surface area (Å²) < 4.78 is 11.2. The maximum absolute atomic E-state index is 12.1. The van der Waals surface area contributed by atoms with E-state index in [2.05, 4.69) is 10.4 Å². The number of nitrogens with zero attached hydrogens (tertiary/aromatic N) is 2. The standard InChI is InChI=1S/C23H25N3O5/c1-14(27)13-24-22(28)17-4-6-18(7-5-17)26-23(29)19(15(2)25-26)11-16-3-8-20-21(12-16)31-10-9-30-20/h3-8,11-12,14,23,27,29H,9-10,13H2,1-2H3,(H,24,28)/b19-11-/t14-,23?/m0/s1. The fraction of sp³-hybridized carbons (Fsp3) is 0.304. The zero-order chi connectivity index (χ0) is 22.0. The van der Waals surface area contributed by atoms with E-state index in [-0.39, 0.29) is 12.5 Å². The van der Waals surface area contributed by atoms with Crippen LogP contribution in [0.5, 0.6) is 11.5 Å². The van der Waals surface area contributed by atoms with Gasteiger partial charge in [-0.2, -0.15) is 5.10 Å². The molecule has 0 bridgehead atoms. The summed E-state index contributed by atoms with van der Waals surface area (Å²) >= 11 is 0. The number of amides is 1. The van der Waals surface area contributed by atoms with Crippen molar-refractivity contribution in [2.24, 2.45) is 5.10 Å². The van der Waals surface area contributed by atoms with Gasteiger partial charge in [-0.05, 0) is 61.9 Å². The largest absolute Gasteiger partial charge is 0.486 e. The summed E-state index contributed by atoms with van der Waals surface area (Å²) in [7, 11) is 0. The van der Waals surface area contributed by atoms with Crippen molar-refractivity contribution in [1.29, 1.82) is 0 Å². The van der Waals surface area contributed by atoms with E-state index in [1.807, 2.05) is 31.2 Å². The number of carbonyl (C=O) groups excluding carboxylic acids is 1. The Morgan fingerprint density at radius 2 is 1.94 bits per heavy atom. The van der Waals surface area contributed by atoms with Crippen LogP contribution in [0.1, 0.15) is 29.8 Å². The fourth-order valence-corrected chi connectivity index (χ4v) is 3.41. The summed E-state index contributed by atoms with van der Waals surface area (Å²) in [5, 5.41) is 28.8. The topological polar surface area (TPSA) is 104 Å². The number of rotatable bonds is 5. The molecule has 8 heteroatoms. The first-order valence-corrected chi connectivity index (χ1v) is 10.1. The Morgan fingerprint density at radius 1 is 1.23 bits per heavy atom. The molecular weight excluding hydrogens is 398 g/mol. The quantitative estimate of drug-likeness (QED) is 0.681. The molecule has 0 aromatic heterocycles. The SMILES string of the molecule is CC1=NN(c2ccc(C(=O)NC[C@H](C)O)cc2)C(O)/C1=C\c1ccc2c(c1)OCCO2. The molecule has 0 saturated heterocycles. The van der Waals surface area contributed by atoms with Crippen LogP contribution in [0, 0.1) is 0 Å². The second-order valence-electron chi connectivity index (χ2n) is 7.51. The molecule has 2 aliphatic heterocycles. The molecule has 1 amide bonds. The molecule has 3 N–H and O–H groups in total. The molecule has 2 atom stereocenters. The normalized spacial score (nSPS) is 19.9. The zero-order valence-electron chi connectivity index (χ0n) is 17.4. The lowest BCUT2D eigenvalue weighted by Crippen LogP contribution is -2.30. The predicted molar refractivity (Wildman–Crippen MR) is 117 cm³/mol. The van der Waals surface area contributed by atoms with Gasteiger partial charge in [-0.25, -0.2) is 5.01 Å². The molecule has 0 spiro atoms. The van der Waals surface area contributed by atoms with E-state index in [4.69, 9.17) is 9.47 Å². The molecule has 0 radical (unpaired) electrons. The van der Waals surface area contributed by atoms with Gasteiger partial charge in [0.05, 0.1) is 17.5 Å². The number of hydrogen-bond acceptors (Lipinski definition) is 7. The third kappa shape index (κ3) is 4.55. The number of carbonyl (C=O) groups is 1. The Hall–Kier alpha value is -3.36. The highest BCUT2D eigenvalue weighted by atomic mass is 16.6. The van der Waals surface area contributed by atoms with E-state index >= 15 is 0 Å². The lowest BCUT2D eigenvalue weighted by atomic mass is 10.1. The van der Waals surface area contributed by atoms with E-state index in [0.29, 0.717) is 47.2 Å². The maximum Gasteiger partial charge on any atom is 0.251 e. The first-order chi connectivity index (χ1) is 14.9. The summed E-state index contributed by atoms with van der Waals surface area (Å²) in [6, 6.07) is 12.4. The average molecular weight is 423 g/mol. The predicted octanol–water partition coefficient (Wildman–Crippen LogP) is 2.17. The molecule has 2 heterocycles. The van der Waals surface area contributed by atoms with E-state index in [0.717, 1.165) is 5.56 Å². The van der Waals surface area contributed by atoms with Crippen LogP contribution in [0.4, 0.5) is 5.69 Å². The Bertz CT molecular complexity index is 1030. The molecule has 0 saturated carbocycles. The number of benzene rings is 2. The molecule has 8 nitrogen and oxygen atoms in total. The van der Waals surface area contributed by atoms with Gasteiger partial charge in [-0.3, -0.25) is 4.79 Å². The molecule has 2 aromatic rings. The minimum atomic E-state index is -0.955. The molecule has 2 aromatic carbocycles. The van der Waals surface area contributed by atoms with Gasteiger partial charge in [0.1, 0.15) is 13.2 Å². The lowest BCUT2D eigenvalue weighted by molar-refractivity contribution is 0.0924. The number of fused-ring (bicyclic) bond motifs is 1. The second-order valence-corrected chi connectivity index (χ2v) is 7.51. The van der Waals surface area contributed by atoms with E-state index < -0.39 is 12.3 Å². The van der Waals surface area contributed by atoms with Gasteiger partial charge in [-0.1, -0.05) is 6.07 Å². The Balaban J connectivity index is 1.50. The van der Waals surface area contributed by atoms with Gasteiger partial charge in [-0.15, -0.1) is 0 Å². The summed E-state index contributed by atoms with van der Waals surface area (Å²) in [4.78, 5) is 12.1. The van der Waals surface area contributed by atoms with Gasteiger partial charge >= 0.3 is 0 Å². The van der Waals surface area contributed by atoms with E-state index in [1.54, 1.807) is 31.2 Å². The third-order valence-electron chi connectivity index (χ3n) is 5.03. The Kier molecular flexibility index (Phi) is 5.92. The fourth-order valence-electron chi connectivity index (χ4n) is 3.41. The van der Waals surface area contributed by atoms with Crippen molar-refractivity contribution in [3.8, 4) is 11.5 Å². The number of nitrogens with one attached hydrogen (secondary N) is 1. The highest BCUT2D eigenvalue weighted by Crippen LogP contribution is 2.33. The molecule has 0 fully saturated rings. The van der Waals surface area contributed by atoms with Gasteiger partial charge < -0.3 is 25.0 Å². The summed E-state index contributed by atoms with van der Waals surface area (Å²) in [6.07, 6.45) is 0.308. The van der Waals surface area contributed by atoms with Crippen LogP contribution in [-0.4, -0.2) is 53.9 Å². The minimum Gasteiger partial charge on any atom is -0.486 e. The van der Waals surface area contributed by atoms with Crippen molar-refractivity contribution >= 4 is 23.4 Å². The number of aliphatic hydroxyl groups excluding tert-OH is 2. The van der Waals surface area contributed by atoms with Crippen molar-refractivity contribution in [1.82, 2.24) is 5.32 Å². The van der Waals surface area contributed by atoms with Crippen LogP contribution in [0.3, 0.4) is 0 Å². The average Bonchev–Trinajstić information content (AvgIpc) is 3.05. The monoisotopic (exact) mass is 423 g/mol. The molecule has 162 valence electrons. The van der Waals surface area contributed by atoms with Crippen molar-refractivity contribution in [3.05, 3.63) is 59.2 Å². The first kappa shape index (κ1) is 20.9. The Labute approximate surface area is 180 Å². The van der Waals surface area contributed by atoms with Crippen LogP contribution < -0.4 is 19.8 Å². The van der Waals surface area contributed by atoms with Crippen LogP contribution in [0.15, 0.2) is 53.1 Å². The van der Waals surface area contributed by atoms with Crippen molar-refractivity contribution in [3.63, 3.8) is 0 Å². The highest BCUT2D eigenvalue weighted by Gasteiger charge is 2.29. The highest BCUT2D eigenvalue weighted by molar-refractivity contribution is 6.06. The zero-order valence-corrected chi connectivity index (χ0v) is 17.4. The van der Waals surface area contributed by atoms with E-state index in [1.165, 1.54) is 5.01 Å². The second kappa shape index (κ2) is 8.79. The van der Waals surface area contributed by atoms with Gasteiger partial charge in [0.2, 0.25) is 0 Å². The molecular formula is C23H25N3O5. The summed E-state index contributed by atoms with van der Waals surface area (Å²) in [5.74, 6) is 1.13. The molecule has 1 unspecified atom stereocenters. The van der Waals surface area contributed by atoms with Crippen molar-refractivity contribution < 1.29 is 24.5 Å². The molecule has 4 rings (SSSR count). The number of hydrogen-bond donors (Lipinski definition) is 3. The molecule has 31 heavy (non-hydrogen) atoms. The van der Waals surface area contributed by atoms with Gasteiger partial charge in [0, 0.05) is 17.7 Å². The van der Waals surface area contributed by atoms with Gasteiger partial charge in [0.15, 0.2) is 17.7 Å². The van der Waals surface area contributed by atoms with Gasteiger partial charge in [0.25, 0.3) is 5.91 Å². The molecule has 2 aliphatic rings. The van der Waals surface area contributed by atoms with Crippen LogP contribution in [0.2, 0.25) is 0 Å². The maximum atomic E-state index is 12.1. The summed E-state index contributed by atoms with van der Waals surface area (Å²) in [6.45, 7) is 4.67. The van der Waals surface area contributed by atoms with Crippen LogP contribution in [-0.2, 0) is 0 Å². The number of hydrazone groups is 1. The summed E-state index contributed by atoms with van der Waals surface area (Å²) in [5.41, 5.74) is 3.37. The van der Waals surface area contributed by atoms with Crippen molar-refractivity contribution in [2.75, 3.05) is 24.8 Å². The minimum absolute atomic E-state index is 0.183. The number of anilines is 1. The van der Waals surface area contributed by atoms with E-state index in [9.17, 15) is 15.0 Å². The van der Waals surface area contributed by atoms with Crippen LogP contribution >= 0.6 is 0 Å². The number of ether oxygens (including phenoxy) is 2. The Morgan fingerprint density at radius 3 is 2.65 bits per heavy atom. The molecule has 0 aliphatic carbocycles. The lowest BCUT2D eigenvalue weighted by Gasteiger charge is -2.20.